The fourth-order valence-corrected chi connectivity index (χ4v) is 2.63. The molecule has 0 fully saturated rings. The van der Waals surface area contributed by atoms with E-state index in [9.17, 15) is 9.59 Å². The van der Waals surface area contributed by atoms with Gasteiger partial charge in [-0.1, -0.05) is 62.1 Å². The smallest absolute Gasteiger partial charge is 0.205 e. The lowest BCUT2D eigenvalue weighted by atomic mass is 9.87. The topological polar surface area (TPSA) is 34.1 Å². The highest BCUT2D eigenvalue weighted by Crippen LogP contribution is 2.31. The van der Waals surface area contributed by atoms with E-state index in [-0.39, 0.29) is 16.6 Å². The second-order valence-corrected chi connectivity index (χ2v) is 5.18. The van der Waals surface area contributed by atoms with Crippen molar-refractivity contribution in [2.24, 2.45) is 0 Å². The number of benzene rings is 1. The molecule has 3 heteroatoms. The van der Waals surface area contributed by atoms with E-state index in [1.54, 1.807) is 24.3 Å². The van der Waals surface area contributed by atoms with Crippen LogP contribution in [-0.2, 0) is 0 Å². The molecule has 1 aliphatic carbocycles. The molecule has 0 heterocycles. The summed E-state index contributed by atoms with van der Waals surface area (Å²) in [4.78, 5) is 24.5. The first-order chi connectivity index (χ1) is 9.16. The number of hydrogen-bond acceptors (Lipinski definition) is 2. The first kappa shape index (κ1) is 14.0. The number of rotatable bonds is 5. The molecular formula is C16H17ClO2. The lowest BCUT2D eigenvalue weighted by molar-refractivity contribution is 0.0977. The highest BCUT2D eigenvalue weighted by Gasteiger charge is 2.30. The molecule has 0 radical (unpaired) electrons. The SMILES string of the molecule is CCCCCCC1=C(Cl)C(=O)c2ccccc2C1=O. The molecule has 0 unspecified atom stereocenters. The van der Waals surface area contributed by atoms with Crippen molar-refractivity contribution in [3.05, 3.63) is 46.0 Å². The highest BCUT2D eigenvalue weighted by molar-refractivity contribution is 6.50. The van der Waals surface area contributed by atoms with Crippen LogP contribution in [0.5, 0.6) is 0 Å². The second-order valence-electron chi connectivity index (χ2n) is 4.81. The zero-order valence-electron chi connectivity index (χ0n) is 11.0. The monoisotopic (exact) mass is 276 g/mol. The molecule has 1 aliphatic rings. The van der Waals surface area contributed by atoms with Crippen LogP contribution >= 0.6 is 11.6 Å². The standard InChI is InChI=1S/C16H17ClO2/c1-2-3-4-5-10-13-14(17)16(19)12-9-7-6-8-11(12)15(13)18/h6-9H,2-5,10H2,1H3. The van der Waals surface area contributed by atoms with Crippen LogP contribution in [0.2, 0.25) is 0 Å². The summed E-state index contributed by atoms with van der Waals surface area (Å²) >= 11 is 6.08. The molecule has 0 saturated heterocycles. The molecule has 100 valence electrons. The Morgan fingerprint density at radius 3 is 2.21 bits per heavy atom. The number of Topliss-reactive ketones (excluding diaryl/α,β-unsaturated/α-hetero) is 2. The first-order valence-electron chi connectivity index (χ1n) is 6.74. The molecule has 1 aromatic carbocycles. The molecule has 2 nitrogen and oxygen atoms in total. The molecule has 19 heavy (non-hydrogen) atoms. The van der Waals surface area contributed by atoms with Crippen molar-refractivity contribution in [1.29, 1.82) is 0 Å². The van der Waals surface area contributed by atoms with Crippen molar-refractivity contribution < 1.29 is 9.59 Å². The lowest BCUT2D eigenvalue weighted by Crippen LogP contribution is -2.19. The van der Waals surface area contributed by atoms with Gasteiger partial charge in [0.2, 0.25) is 5.78 Å². The van der Waals surface area contributed by atoms with Gasteiger partial charge in [-0.2, -0.15) is 0 Å². The predicted molar refractivity (Wildman–Crippen MR) is 76.7 cm³/mol. The van der Waals surface area contributed by atoms with Crippen LogP contribution in [0.1, 0.15) is 59.7 Å². The van der Waals surface area contributed by atoms with Crippen LogP contribution in [0.4, 0.5) is 0 Å². The van der Waals surface area contributed by atoms with Gasteiger partial charge in [0.1, 0.15) is 0 Å². The minimum atomic E-state index is -0.220. The number of allylic oxidation sites excluding steroid dienone is 2. The Balaban J connectivity index is 2.22. The van der Waals surface area contributed by atoms with Crippen molar-refractivity contribution in [3.63, 3.8) is 0 Å². The average molecular weight is 277 g/mol. The van der Waals surface area contributed by atoms with Gasteiger partial charge < -0.3 is 0 Å². The van der Waals surface area contributed by atoms with E-state index in [4.69, 9.17) is 11.6 Å². The summed E-state index contributed by atoms with van der Waals surface area (Å²) in [6.07, 6.45) is 4.84. The molecule has 2 rings (SSSR count). The summed E-state index contributed by atoms with van der Waals surface area (Å²) in [5, 5.41) is 0.111. The van der Waals surface area contributed by atoms with Crippen molar-refractivity contribution in [1.82, 2.24) is 0 Å². The zero-order valence-corrected chi connectivity index (χ0v) is 11.8. The third-order valence-corrected chi connectivity index (χ3v) is 3.83. The maximum absolute atomic E-state index is 12.3. The summed E-state index contributed by atoms with van der Waals surface area (Å²) in [6.45, 7) is 2.14. The van der Waals surface area contributed by atoms with Crippen LogP contribution in [0, 0.1) is 0 Å². The van der Waals surface area contributed by atoms with Crippen LogP contribution in [0.3, 0.4) is 0 Å². The van der Waals surface area contributed by atoms with E-state index in [0.717, 1.165) is 25.7 Å². The Morgan fingerprint density at radius 2 is 1.58 bits per heavy atom. The summed E-state index contributed by atoms with van der Waals surface area (Å²) in [5.41, 5.74) is 1.40. The quantitative estimate of drug-likeness (QED) is 0.741. The Hall–Kier alpha value is -1.41. The minimum Gasteiger partial charge on any atom is -0.289 e. The number of ketones is 2. The number of hydrogen-bond donors (Lipinski definition) is 0. The number of halogens is 1. The Kier molecular flexibility index (Phi) is 4.54. The van der Waals surface area contributed by atoms with E-state index in [0.29, 0.717) is 23.1 Å². The van der Waals surface area contributed by atoms with Crippen molar-refractivity contribution in [2.75, 3.05) is 0 Å². The molecule has 0 atom stereocenters. The fourth-order valence-electron chi connectivity index (χ4n) is 2.35. The van der Waals surface area contributed by atoms with E-state index in [1.807, 2.05) is 0 Å². The number of carbonyl (C=O) groups excluding carboxylic acids is 2. The van der Waals surface area contributed by atoms with Gasteiger partial charge in [0.25, 0.3) is 0 Å². The summed E-state index contributed by atoms with van der Waals surface area (Å²) in [7, 11) is 0. The fraction of sp³-hybridized carbons (Fsp3) is 0.375. The minimum absolute atomic E-state index is 0.0864. The van der Waals surface area contributed by atoms with E-state index in [1.165, 1.54) is 0 Å². The van der Waals surface area contributed by atoms with Crippen molar-refractivity contribution >= 4 is 23.2 Å². The third-order valence-electron chi connectivity index (χ3n) is 3.44. The molecule has 0 N–H and O–H groups in total. The Bertz CT molecular complexity index is 543. The summed E-state index contributed by atoms with van der Waals surface area (Å²) in [5.74, 6) is -0.306. The molecule has 0 aliphatic heterocycles. The van der Waals surface area contributed by atoms with Crippen LogP contribution in [0.15, 0.2) is 34.9 Å². The molecule has 1 aromatic rings. The van der Waals surface area contributed by atoms with Gasteiger partial charge in [-0.3, -0.25) is 9.59 Å². The van der Waals surface area contributed by atoms with E-state index >= 15 is 0 Å². The summed E-state index contributed by atoms with van der Waals surface area (Å²) in [6, 6.07) is 6.88. The molecule has 0 saturated carbocycles. The average Bonchev–Trinajstić information content (AvgIpc) is 2.44. The largest absolute Gasteiger partial charge is 0.289 e. The Labute approximate surface area is 118 Å². The summed E-state index contributed by atoms with van der Waals surface area (Å²) < 4.78 is 0. The van der Waals surface area contributed by atoms with E-state index in [2.05, 4.69) is 6.92 Å². The second kappa shape index (κ2) is 6.16. The molecule has 0 amide bonds. The van der Waals surface area contributed by atoms with Crippen molar-refractivity contribution in [3.8, 4) is 0 Å². The zero-order chi connectivity index (χ0) is 13.8. The lowest BCUT2D eigenvalue weighted by Gasteiger charge is -2.17. The maximum Gasteiger partial charge on any atom is 0.205 e. The van der Waals surface area contributed by atoms with E-state index < -0.39 is 0 Å². The van der Waals surface area contributed by atoms with Crippen LogP contribution in [0.25, 0.3) is 0 Å². The highest BCUT2D eigenvalue weighted by atomic mass is 35.5. The third kappa shape index (κ3) is 2.79. The number of unbranched alkanes of at least 4 members (excludes halogenated alkanes) is 3. The van der Waals surface area contributed by atoms with Crippen molar-refractivity contribution in [2.45, 2.75) is 39.0 Å². The molecule has 0 spiro atoms. The Morgan fingerprint density at radius 1 is 0.947 bits per heavy atom. The van der Waals surface area contributed by atoms with Gasteiger partial charge in [-0.25, -0.2) is 0 Å². The van der Waals surface area contributed by atoms with Gasteiger partial charge in [-0.05, 0) is 12.8 Å². The molecule has 0 aromatic heterocycles. The number of carbonyl (C=O) groups is 2. The van der Waals surface area contributed by atoms with Gasteiger partial charge in [-0.15, -0.1) is 0 Å². The van der Waals surface area contributed by atoms with Gasteiger partial charge in [0.15, 0.2) is 5.78 Å². The van der Waals surface area contributed by atoms with Gasteiger partial charge in [0, 0.05) is 16.7 Å². The molecular weight excluding hydrogens is 260 g/mol. The number of fused-ring (bicyclic) bond motifs is 1. The van der Waals surface area contributed by atoms with Gasteiger partial charge >= 0.3 is 0 Å². The maximum atomic E-state index is 12.3. The first-order valence-corrected chi connectivity index (χ1v) is 7.11. The van der Waals surface area contributed by atoms with Crippen LogP contribution in [-0.4, -0.2) is 11.6 Å². The predicted octanol–water partition coefficient (Wildman–Crippen LogP) is 4.53. The molecule has 0 bridgehead atoms. The van der Waals surface area contributed by atoms with Crippen LogP contribution < -0.4 is 0 Å². The van der Waals surface area contributed by atoms with Gasteiger partial charge in [0.05, 0.1) is 5.03 Å². The normalized spacial score (nSPS) is 14.8.